The summed E-state index contributed by atoms with van der Waals surface area (Å²) in [6.45, 7) is 2.89. The zero-order valence-corrected chi connectivity index (χ0v) is 16.7. The molecular weight excluding hydrogens is 366 g/mol. The minimum Gasteiger partial charge on any atom is -0.387 e. The lowest BCUT2D eigenvalue weighted by molar-refractivity contribution is -0.114. The van der Waals surface area contributed by atoms with Crippen molar-refractivity contribution < 1.29 is 18.3 Å². The Morgan fingerprint density at radius 3 is 2.30 bits per heavy atom. The van der Waals surface area contributed by atoms with Gasteiger partial charge in [-0.2, -0.15) is 0 Å². The van der Waals surface area contributed by atoms with Gasteiger partial charge in [-0.3, -0.25) is 4.79 Å². The van der Waals surface area contributed by atoms with E-state index in [0.717, 1.165) is 5.69 Å². The molecule has 2 aromatic carbocycles. The fourth-order valence-electron chi connectivity index (χ4n) is 2.61. The molecule has 27 heavy (non-hydrogen) atoms. The van der Waals surface area contributed by atoms with E-state index in [1.165, 1.54) is 19.1 Å². The Kier molecular flexibility index (Phi) is 6.59. The number of carbonyl (C=O) groups is 1. The number of sulfonamides is 1. The first kappa shape index (κ1) is 20.9. The van der Waals surface area contributed by atoms with Crippen LogP contribution in [0.25, 0.3) is 0 Å². The number of amides is 1. The lowest BCUT2D eigenvalue weighted by atomic mass is 10.1. The molecule has 1 amide bonds. The van der Waals surface area contributed by atoms with Gasteiger partial charge in [-0.15, -0.1) is 0 Å². The van der Waals surface area contributed by atoms with Gasteiger partial charge in [0.1, 0.15) is 0 Å². The SMILES string of the molecule is CC(=O)Nc1ccc(S(=O)(=O)NCC(O)c2ccc(N(C)C)cc2)c(C)c1. The van der Waals surface area contributed by atoms with Crippen LogP contribution in [-0.2, 0) is 14.8 Å². The van der Waals surface area contributed by atoms with Crippen LogP contribution in [-0.4, -0.2) is 40.1 Å². The minimum absolute atomic E-state index is 0.103. The van der Waals surface area contributed by atoms with Crippen molar-refractivity contribution in [1.82, 2.24) is 4.72 Å². The predicted octanol–water partition coefficient (Wildman–Crippen LogP) is 2.03. The lowest BCUT2D eigenvalue weighted by Crippen LogP contribution is -2.29. The summed E-state index contributed by atoms with van der Waals surface area (Å²) in [4.78, 5) is 13.1. The number of nitrogens with zero attached hydrogens (tertiary/aromatic N) is 1. The van der Waals surface area contributed by atoms with E-state index in [9.17, 15) is 18.3 Å². The maximum absolute atomic E-state index is 12.5. The maximum Gasteiger partial charge on any atom is 0.240 e. The van der Waals surface area contributed by atoms with Gasteiger partial charge in [-0.05, 0) is 48.4 Å². The summed E-state index contributed by atoms with van der Waals surface area (Å²) in [6, 6.07) is 11.8. The van der Waals surface area contributed by atoms with Crippen molar-refractivity contribution in [3.05, 3.63) is 53.6 Å². The van der Waals surface area contributed by atoms with E-state index in [-0.39, 0.29) is 17.3 Å². The summed E-state index contributed by atoms with van der Waals surface area (Å²) in [5, 5.41) is 12.9. The van der Waals surface area contributed by atoms with Crippen LogP contribution in [0.2, 0.25) is 0 Å². The van der Waals surface area contributed by atoms with Crippen molar-refractivity contribution in [2.75, 3.05) is 30.9 Å². The normalized spacial score (nSPS) is 12.5. The molecule has 1 unspecified atom stereocenters. The van der Waals surface area contributed by atoms with Crippen LogP contribution in [0, 0.1) is 6.92 Å². The molecule has 3 N–H and O–H groups in total. The first-order valence-corrected chi connectivity index (χ1v) is 9.91. The van der Waals surface area contributed by atoms with Gasteiger partial charge < -0.3 is 15.3 Å². The summed E-state index contributed by atoms with van der Waals surface area (Å²) in [6.07, 6.45) is -0.963. The zero-order valence-electron chi connectivity index (χ0n) is 15.9. The Balaban J connectivity index is 2.08. The Morgan fingerprint density at radius 2 is 1.78 bits per heavy atom. The number of nitrogens with one attached hydrogen (secondary N) is 2. The zero-order chi connectivity index (χ0) is 20.2. The van der Waals surface area contributed by atoms with Crippen LogP contribution in [0.15, 0.2) is 47.4 Å². The molecule has 0 spiro atoms. The number of hydrogen-bond acceptors (Lipinski definition) is 5. The largest absolute Gasteiger partial charge is 0.387 e. The fourth-order valence-corrected chi connectivity index (χ4v) is 3.87. The number of hydrogen-bond donors (Lipinski definition) is 3. The molecule has 2 rings (SSSR count). The molecule has 2 aromatic rings. The number of aliphatic hydroxyl groups is 1. The molecule has 0 aliphatic heterocycles. The monoisotopic (exact) mass is 391 g/mol. The molecule has 7 nitrogen and oxygen atoms in total. The van der Waals surface area contributed by atoms with Gasteiger partial charge in [0.15, 0.2) is 0 Å². The number of aryl methyl sites for hydroxylation is 1. The molecule has 1 atom stereocenters. The summed E-state index contributed by atoms with van der Waals surface area (Å²) in [5.74, 6) is -0.230. The number of rotatable bonds is 7. The van der Waals surface area contributed by atoms with Crippen LogP contribution in [0.1, 0.15) is 24.2 Å². The van der Waals surface area contributed by atoms with Crippen LogP contribution in [0.4, 0.5) is 11.4 Å². The first-order valence-electron chi connectivity index (χ1n) is 8.43. The summed E-state index contributed by atoms with van der Waals surface area (Å²) < 4.78 is 27.5. The van der Waals surface area contributed by atoms with Gasteiger partial charge >= 0.3 is 0 Å². The molecule has 0 saturated heterocycles. The third kappa shape index (κ3) is 5.53. The summed E-state index contributed by atoms with van der Waals surface area (Å²) in [7, 11) is 0.0398. The van der Waals surface area contributed by atoms with Crippen LogP contribution < -0.4 is 14.9 Å². The van der Waals surface area contributed by atoms with Gasteiger partial charge in [0, 0.05) is 38.9 Å². The number of aliphatic hydroxyl groups excluding tert-OH is 1. The predicted molar refractivity (Wildman–Crippen MR) is 106 cm³/mol. The lowest BCUT2D eigenvalue weighted by Gasteiger charge is -2.16. The van der Waals surface area contributed by atoms with Crippen LogP contribution >= 0.6 is 0 Å². The molecular formula is C19H25N3O4S. The molecule has 0 heterocycles. The molecule has 0 fully saturated rings. The molecule has 146 valence electrons. The second-order valence-corrected chi connectivity index (χ2v) is 8.25. The van der Waals surface area contributed by atoms with Gasteiger partial charge in [-0.1, -0.05) is 12.1 Å². The average molecular weight is 391 g/mol. The highest BCUT2D eigenvalue weighted by Gasteiger charge is 2.19. The molecule has 0 aliphatic rings. The molecule has 8 heteroatoms. The standard InChI is InChI=1S/C19H25N3O4S/c1-13-11-16(21-14(2)23)7-10-19(13)27(25,26)20-12-18(24)15-5-8-17(9-6-15)22(3)4/h5-11,18,20,24H,12H2,1-4H3,(H,21,23). The molecule has 0 aromatic heterocycles. The van der Waals surface area contributed by atoms with E-state index in [1.54, 1.807) is 25.1 Å². The molecule has 0 saturated carbocycles. The minimum atomic E-state index is -3.79. The van der Waals surface area contributed by atoms with Crippen molar-refractivity contribution in [2.24, 2.45) is 0 Å². The average Bonchev–Trinajstić information content (AvgIpc) is 2.59. The van der Waals surface area contributed by atoms with Crippen LogP contribution in [0.3, 0.4) is 0 Å². The van der Waals surface area contributed by atoms with Crippen molar-refractivity contribution in [3.63, 3.8) is 0 Å². The Bertz CT molecular complexity index is 909. The van der Waals surface area contributed by atoms with Crippen molar-refractivity contribution in [1.29, 1.82) is 0 Å². The van der Waals surface area contributed by atoms with E-state index in [1.807, 2.05) is 31.1 Å². The number of benzene rings is 2. The quantitative estimate of drug-likeness (QED) is 0.671. The van der Waals surface area contributed by atoms with Crippen molar-refractivity contribution in [2.45, 2.75) is 24.8 Å². The second kappa shape index (κ2) is 8.51. The summed E-state index contributed by atoms with van der Waals surface area (Å²) in [5.41, 5.74) is 2.64. The van der Waals surface area contributed by atoms with E-state index in [0.29, 0.717) is 16.8 Å². The third-order valence-corrected chi connectivity index (χ3v) is 5.63. The summed E-state index contributed by atoms with van der Waals surface area (Å²) >= 11 is 0. The Morgan fingerprint density at radius 1 is 1.15 bits per heavy atom. The smallest absolute Gasteiger partial charge is 0.240 e. The van der Waals surface area contributed by atoms with Gasteiger partial charge in [0.05, 0.1) is 11.0 Å². The first-order chi connectivity index (χ1) is 12.6. The second-order valence-electron chi connectivity index (χ2n) is 6.52. The topological polar surface area (TPSA) is 98.7 Å². The van der Waals surface area contributed by atoms with E-state index in [4.69, 9.17) is 0 Å². The highest BCUT2D eigenvalue weighted by atomic mass is 32.2. The van der Waals surface area contributed by atoms with E-state index in [2.05, 4.69) is 10.0 Å². The number of carbonyl (C=O) groups excluding carboxylic acids is 1. The Hall–Kier alpha value is -2.42. The van der Waals surface area contributed by atoms with Crippen molar-refractivity contribution >= 4 is 27.3 Å². The molecule has 0 aliphatic carbocycles. The van der Waals surface area contributed by atoms with Crippen LogP contribution in [0.5, 0.6) is 0 Å². The van der Waals surface area contributed by atoms with E-state index >= 15 is 0 Å². The Labute approximate surface area is 160 Å². The third-order valence-electron chi connectivity index (χ3n) is 4.05. The maximum atomic E-state index is 12.5. The molecule has 0 radical (unpaired) electrons. The number of anilines is 2. The van der Waals surface area contributed by atoms with E-state index < -0.39 is 16.1 Å². The van der Waals surface area contributed by atoms with Crippen molar-refractivity contribution in [3.8, 4) is 0 Å². The fraction of sp³-hybridized carbons (Fsp3) is 0.316. The van der Waals surface area contributed by atoms with Gasteiger partial charge in [0.2, 0.25) is 15.9 Å². The highest BCUT2D eigenvalue weighted by Crippen LogP contribution is 2.21. The van der Waals surface area contributed by atoms with Gasteiger partial charge in [-0.25, -0.2) is 13.1 Å². The van der Waals surface area contributed by atoms with Gasteiger partial charge in [0.25, 0.3) is 0 Å². The molecule has 0 bridgehead atoms. The highest BCUT2D eigenvalue weighted by molar-refractivity contribution is 7.89.